The fraction of sp³-hybridized carbons (Fsp3) is 0.143. The Bertz CT molecular complexity index is 749. The minimum absolute atomic E-state index is 0.568. The number of halogens is 2. The lowest BCUT2D eigenvalue weighted by atomic mass is 10.1. The number of nitrogens with one attached hydrogen (secondary N) is 1. The Hall–Kier alpha value is -1.99. The molecule has 0 aliphatic heterocycles. The van der Waals surface area contributed by atoms with Crippen LogP contribution in [-0.2, 0) is 10.0 Å². The second-order valence-electron chi connectivity index (χ2n) is 4.53. The van der Waals surface area contributed by atoms with Crippen molar-refractivity contribution in [1.82, 2.24) is 4.72 Å². The maximum Gasteiger partial charge on any atom is 0.244 e. The Kier molecular flexibility index (Phi) is 4.24. The van der Waals surface area contributed by atoms with Crippen LogP contribution in [0.2, 0.25) is 0 Å². The summed E-state index contributed by atoms with van der Waals surface area (Å²) in [5.74, 6) is -2.29. The summed E-state index contributed by atoms with van der Waals surface area (Å²) in [7, 11) is -4.15. The molecule has 0 aliphatic rings. The van der Waals surface area contributed by atoms with Gasteiger partial charge >= 0.3 is 0 Å². The Morgan fingerprint density at radius 2 is 1.71 bits per heavy atom. The molecule has 1 atom stereocenters. The molecule has 0 radical (unpaired) electrons. The molecule has 0 spiro atoms. The average molecular weight is 312 g/mol. The molecular formula is C14H14F2N2O2S. The molecule has 0 saturated heterocycles. The zero-order valence-electron chi connectivity index (χ0n) is 11.2. The van der Waals surface area contributed by atoms with E-state index in [1.807, 2.05) is 0 Å². The van der Waals surface area contributed by atoms with Gasteiger partial charge < -0.3 is 5.73 Å². The van der Waals surface area contributed by atoms with Gasteiger partial charge in [0.25, 0.3) is 0 Å². The van der Waals surface area contributed by atoms with Gasteiger partial charge in [-0.15, -0.1) is 0 Å². The Balaban J connectivity index is 2.33. The van der Waals surface area contributed by atoms with Crippen molar-refractivity contribution < 1.29 is 17.2 Å². The van der Waals surface area contributed by atoms with E-state index in [0.29, 0.717) is 0 Å². The SMILES string of the molecule is C[C@H](NS(=O)(=O)c1ccc(F)c(N)c1F)c1ccccc1. The van der Waals surface area contributed by atoms with Gasteiger partial charge in [-0.2, -0.15) is 0 Å². The predicted molar refractivity (Wildman–Crippen MR) is 75.9 cm³/mol. The van der Waals surface area contributed by atoms with E-state index in [-0.39, 0.29) is 0 Å². The van der Waals surface area contributed by atoms with E-state index in [4.69, 9.17) is 5.73 Å². The summed E-state index contributed by atoms with van der Waals surface area (Å²) >= 11 is 0. The number of nitrogens with two attached hydrogens (primary N) is 1. The van der Waals surface area contributed by atoms with Gasteiger partial charge in [0.05, 0.1) is 0 Å². The smallest absolute Gasteiger partial charge is 0.244 e. The molecule has 0 fully saturated rings. The fourth-order valence-electron chi connectivity index (χ4n) is 1.86. The first-order valence-electron chi connectivity index (χ1n) is 6.13. The number of nitrogen functional groups attached to an aromatic ring is 1. The van der Waals surface area contributed by atoms with E-state index in [1.54, 1.807) is 37.3 Å². The molecule has 0 aliphatic carbocycles. The summed E-state index contributed by atoms with van der Waals surface area (Å²) in [6.07, 6.45) is 0. The highest BCUT2D eigenvalue weighted by Crippen LogP contribution is 2.24. The molecule has 2 rings (SSSR count). The van der Waals surface area contributed by atoms with E-state index in [9.17, 15) is 17.2 Å². The van der Waals surface area contributed by atoms with Gasteiger partial charge in [-0.3, -0.25) is 0 Å². The molecule has 0 aromatic heterocycles. The van der Waals surface area contributed by atoms with Crippen molar-refractivity contribution in [2.75, 3.05) is 5.73 Å². The van der Waals surface area contributed by atoms with Crippen molar-refractivity contribution in [3.8, 4) is 0 Å². The minimum atomic E-state index is -4.15. The Morgan fingerprint density at radius 3 is 2.33 bits per heavy atom. The molecule has 0 saturated carbocycles. The standard InChI is InChI=1S/C14H14F2N2O2S/c1-9(10-5-3-2-4-6-10)18-21(19,20)12-8-7-11(15)14(17)13(12)16/h2-9,18H,17H2,1H3/t9-/m0/s1. The first-order valence-corrected chi connectivity index (χ1v) is 7.62. The zero-order valence-corrected chi connectivity index (χ0v) is 12.0. The van der Waals surface area contributed by atoms with Crippen molar-refractivity contribution in [3.63, 3.8) is 0 Å². The van der Waals surface area contributed by atoms with Crippen LogP contribution < -0.4 is 10.5 Å². The number of sulfonamides is 1. The van der Waals surface area contributed by atoms with E-state index < -0.39 is 38.3 Å². The normalized spacial score (nSPS) is 13.1. The van der Waals surface area contributed by atoms with Gasteiger partial charge in [-0.25, -0.2) is 21.9 Å². The summed E-state index contributed by atoms with van der Waals surface area (Å²) in [6, 6.07) is 9.90. The molecule has 0 bridgehead atoms. The number of hydrogen-bond acceptors (Lipinski definition) is 3. The van der Waals surface area contributed by atoms with E-state index in [0.717, 1.165) is 17.7 Å². The molecule has 7 heteroatoms. The number of benzene rings is 2. The van der Waals surface area contributed by atoms with Crippen LogP contribution in [0.4, 0.5) is 14.5 Å². The molecule has 0 amide bonds. The Labute approximate surface area is 121 Å². The largest absolute Gasteiger partial charge is 0.394 e. The molecule has 0 unspecified atom stereocenters. The zero-order chi connectivity index (χ0) is 15.6. The number of anilines is 1. The summed E-state index contributed by atoms with van der Waals surface area (Å²) in [5.41, 5.74) is 5.08. The van der Waals surface area contributed by atoms with Crippen LogP contribution >= 0.6 is 0 Å². The average Bonchev–Trinajstić information content (AvgIpc) is 2.45. The highest BCUT2D eigenvalue weighted by atomic mass is 32.2. The van der Waals surface area contributed by atoms with Gasteiger partial charge in [0.1, 0.15) is 16.4 Å². The third-order valence-electron chi connectivity index (χ3n) is 3.01. The van der Waals surface area contributed by atoms with Gasteiger partial charge in [0.15, 0.2) is 5.82 Å². The highest BCUT2D eigenvalue weighted by Gasteiger charge is 2.24. The third kappa shape index (κ3) is 3.20. The summed E-state index contributed by atoms with van der Waals surface area (Å²) in [6.45, 7) is 1.62. The van der Waals surface area contributed by atoms with Crippen LogP contribution in [0, 0.1) is 11.6 Å². The summed E-state index contributed by atoms with van der Waals surface area (Å²) < 4.78 is 53.6. The number of rotatable bonds is 4. The van der Waals surface area contributed by atoms with Crippen LogP contribution in [-0.4, -0.2) is 8.42 Å². The van der Waals surface area contributed by atoms with Gasteiger partial charge in [-0.1, -0.05) is 30.3 Å². The first kappa shape index (κ1) is 15.4. The van der Waals surface area contributed by atoms with Crippen LogP contribution in [0.5, 0.6) is 0 Å². The quantitative estimate of drug-likeness (QED) is 0.852. The molecule has 3 N–H and O–H groups in total. The number of hydrogen-bond donors (Lipinski definition) is 2. The Morgan fingerprint density at radius 1 is 1.10 bits per heavy atom. The van der Waals surface area contributed by atoms with Crippen molar-refractivity contribution in [2.24, 2.45) is 0 Å². The maximum atomic E-state index is 13.8. The maximum absolute atomic E-state index is 13.8. The van der Waals surface area contributed by atoms with Gasteiger partial charge in [-0.05, 0) is 24.6 Å². The fourth-order valence-corrected chi connectivity index (χ4v) is 3.18. The van der Waals surface area contributed by atoms with Gasteiger partial charge in [0.2, 0.25) is 10.0 Å². The van der Waals surface area contributed by atoms with Crippen LogP contribution in [0.15, 0.2) is 47.4 Å². The van der Waals surface area contributed by atoms with E-state index in [1.165, 1.54) is 0 Å². The second kappa shape index (κ2) is 5.79. The molecular weight excluding hydrogens is 298 g/mol. The summed E-state index contributed by atoms with van der Waals surface area (Å²) in [5, 5.41) is 0. The minimum Gasteiger partial charge on any atom is -0.394 e. The lowest BCUT2D eigenvalue weighted by Crippen LogP contribution is -2.28. The first-order chi connectivity index (χ1) is 9.83. The van der Waals surface area contributed by atoms with Crippen molar-refractivity contribution in [1.29, 1.82) is 0 Å². The molecule has 4 nitrogen and oxygen atoms in total. The second-order valence-corrected chi connectivity index (χ2v) is 6.21. The van der Waals surface area contributed by atoms with E-state index in [2.05, 4.69) is 4.72 Å². The van der Waals surface area contributed by atoms with E-state index >= 15 is 0 Å². The van der Waals surface area contributed by atoms with Gasteiger partial charge in [0, 0.05) is 6.04 Å². The third-order valence-corrected chi connectivity index (χ3v) is 4.57. The predicted octanol–water partition coefficient (Wildman–Crippen LogP) is 2.59. The highest BCUT2D eigenvalue weighted by molar-refractivity contribution is 7.89. The van der Waals surface area contributed by atoms with Crippen LogP contribution in [0.3, 0.4) is 0 Å². The lowest BCUT2D eigenvalue weighted by molar-refractivity contribution is 0.540. The summed E-state index contributed by atoms with van der Waals surface area (Å²) in [4.78, 5) is -0.677. The molecule has 0 heterocycles. The monoisotopic (exact) mass is 312 g/mol. The molecule has 2 aromatic rings. The topological polar surface area (TPSA) is 72.2 Å². The van der Waals surface area contributed by atoms with Crippen molar-refractivity contribution >= 4 is 15.7 Å². The van der Waals surface area contributed by atoms with Crippen molar-refractivity contribution in [3.05, 3.63) is 59.7 Å². The van der Waals surface area contributed by atoms with Crippen LogP contribution in [0.1, 0.15) is 18.5 Å². The lowest BCUT2D eigenvalue weighted by Gasteiger charge is -2.15. The van der Waals surface area contributed by atoms with Crippen molar-refractivity contribution in [2.45, 2.75) is 17.9 Å². The molecule has 2 aromatic carbocycles. The van der Waals surface area contributed by atoms with Crippen LogP contribution in [0.25, 0.3) is 0 Å². The molecule has 21 heavy (non-hydrogen) atoms. The molecule has 112 valence electrons.